The molecule has 0 aromatic heterocycles. The van der Waals surface area contributed by atoms with E-state index in [9.17, 15) is 9.18 Å². The highest BCUT2D eigenvalue weighted by Crippen LogP contribution is 2.12. The van der Waals surface area contributed by atoms with Gasteiger partial charge >= 0.3 is 6.03 Å². The molecular weight excluding hydrogens is 191 g/mol. The first-order valence-electron chi connectivity index (χ1n) is 3.61. The highest BCUT2D eigenvalue weighted by atomic mass is 32.2. The van der Waals surface area contributed by atoms with Gasteiger partial charge in [0.05, 0.1) is 0 Å². The first-order chi connectivity index (χ1) is 6.20. The van der Waals surface area contributed by atoms with Gasteiger partial charge in [0, 0.05) is 5.75 Å². The molecule has 70 valence electrons. The summed E-state index contributed by atoms with van der Waals surface area (Å²) >= 11 is 1.06. The molecule has 0 aliphatic heterocycles. The molecule has 0 heterocycles. The Bertz CT molecular complexity index is 306. The van der Waals surface area contributed by atoms with E-state index in [0.29, 0.717) is 11.3 Å². The summed E-state index contributed by atoms with van der Waals surface area (Å²) in [5.74, 6) is 0.0940. The van der Waals surface area contributed by atoms with Crippen molar-refractivity contribution in [1.82, 2.24) is 4.72 Å². The second kappa shape index (κ2) is 4.71. The summed E-state index contributed by atoms with van der Waals surface area (Å²) in [6, 6.07) is 5.76. The molecule has 3 N–H and O–H groups in total. The smallest absolute Gasteiger partial charge is 0.322 e. The first kappa shape index (κ1) is 9.85. The van der Waals surface area contributed by atoms with E-state index in [-0.39, 0.29) is 5.82 Å². The molecular formula is C8H9FN2OS. The van der Waals surface area contributed by atoms with Crippen LogP contribution in [0, 0.1) is 5.82 Å². The lowest BCUT2D eigenvalue weighted by Gasteiger charge is -2.01. The van der Waals surface area contributed by atoms with Crippen molar-refractivity contribution in [2.45, 2.75) is 5.75 Å². The van der Waals surface area contributed by atoms with Gasteiger partial charge in [0.1, 0.15) is 5.82 Å². The van der Waals surface area contributed by atoms with E-state index in [1.54, 1.807) is 18.2 Å². The van der Waals surface area contributed by atoms with Crippen LogP contribution in [0.4, 0.5) is 9.18 Å². The van der Waals surface area contributed by atoms with Gasteiger partial charge in [-0.1, -0.05) is 18.2 Å². The van der Waals surface area contributed by atoms with Crippen molar-refractivity contribution in [2.75, 3.05) is 0 Å². The highest BCUT2D eigenvalue weighted by molar-refractivity contribution is 7.97. The summed E-state index contributed by atoms with van der Waals surface area (Å²) in [5.41, 5.74) is 5.37. The molecule has 1 aromatic carbocycles. The standard InChI is InChI=1S/C8H9FN2OS/c9-7-4-2-1-3-6(7)5-13-11-8(10)12/h1-4H,5H2,(H3,10,11,12). The molecule has 0 unspecified atom stereocenters. The van der Waals surface area contributed by atoms with E-state index in [1.807, 2.05) is 0 Å². The van der Waals surface area contributed by atoms with Gasteiger partial charge < -0.3 is 5.73 Å². The second-order valence-corrected chi connectivity index (χ2v) is 3.13. The third-order valence-corrected chi connectivity index (χ3v) is 2.16. The van der Waals surface area contributed by atoms with Crippen LogP contribution >= 0.6 is 11.9 Å². The van der Waals surface area contributed by atoms with Gasteiger partial charge in [0.25, 0.3) is 0 Å². The number of halogens is 1. The Balaban J connectivity index is 2.45. The molecule has 0 fully saturated rings. The monoisotopic (exact) mass is 200 g/mol. The number of nitrogens with one attached hydrogen (secondary N) is 1. The molecule has 0 saturated carbocycles. The third kappa shape index (κ3) is 3.33. The van der Waals surface area contributed by atoms with Gasteiger partial charge in [0.15, 0.2) is 0 Å². The maximum Gasteiger partial charge on any atom is 0.322 e. The lowest BCUT2D eigenvalue weighted by Crippen LogP contribution is -2.23. The lowest BCUT2D eigenvalue weighted by molar-refractivity contribution is 0.254. The van der Waals surface area contributed by atoms with Crippen molar-refractivity contribution in [3.63, 3.8) is 0 Å². The predicted octanol–water partition coefficient (Wildman–Crippen LogP) is 1.64. The van der Waals surface area contributed by atoms with Crippen LogP contribution in [0.5, 0.6) is 0 Å². The summed E-state index contributed by atoms with van der Waals surface area (Å²) < 4.78 is 15.3. The van der Waals surface area contributed by atoms with Crippen molar-refractivity contribution in [1.29, 1.82) is 0 Å². The predicted molar refractivity (Wildman–Crippen MR) is 50.4 cm³/mol. The fourth-order valence-corrected chi connectivity index (χ4v) is 1.40. The van der Waals surface area contributed by atoms with E-state index in [2.05, 4.69) is 4.72 Å². The van der Waals surface area contributed by atoms with Gasteiger partial charge in [0.2, 0.25) is 0 Å². The molecule has 0 atom stereocenters. The Morgan fingerprint density at radius 1 is 1.54 bits per heavy atom. The number of benzene rings is 1. The minimum Gasteiger partial charge on any atom is -0.351 e. The van der Waals surface area contributed by atoms with Crippen LogP contribution < -0.4 is 10.5 Å². The number of urea groups is 1. The molecule has 5 heteroatoms. The molecule has 1 rings (SSSR count). The number of nitrogens with two attached hydrogens (primary N) is 1. The summed E-state index contributed by atoms with van der Waals surface area (Å²) in [7, 11) is 0. The Hall–Kier alpha value is -1.23. The Kier molecular flexibility index (Phi) is 3.57. The Morgan fingerprint density at radius 3 is 2.85 bits per heavy atom. The number of carbonyl (C=O) groups is 1. The van der Waals surface area contributed by atoms with Crippen molar-refractivity contribution < 1.29 is 9.18 Å². The fourth-order valence-electron chi connectivity index (χ4n) is 0.800. The van der Waals surface area contributed by atoms with Gasteiger partial charge in [-0.3, -0.25) is 4.72 Å². The third-order valence-electron chi connectivity index (χ3n) is 1.36. The summed E-state index contributed by atoms with van der Waals surface area (Å²) in [4.78, 5) is 10.3. The minimum absolute atomic E-state index is 0.277. The Labute approximate surface area is 79.6 Å². The summed E-state index contributed by atoms with van der Waals surface area (Å²) in [6.07, 6.45) is 0. The summed E-state index contributed by atoms with van der Waals surface area (Å²) in [6.45, 7) is 0. The molecule has 13 heavy (non-hydrogen) atoms. The quantitative estimate of drug-likeness (QED) is 0.729. The van der Waals surface area contributed by atoms with E-state index in [4.69, 9.17) is 5.73 Å². The zero-order chi connectivity index (χ0) is 9.68. The second-order valence-electron chi connectivity index (χ2n) is 2.35. The van der Waals surface area contributed by atoms with Crippen molar-refractivity contribution in [3.05, 3.63) is 35.6 Å². The van der Waals surface area contributed by atoms with Crippen LogP contribution in [-0.4, -0.2) is 6.03 Å². The number of carbonyl (C=O) groups excluding carboxylic acids is 1. The van der Waals surface area contributed by atoms with Crippen molar-refractivity contribution >= 4 is 18.0 Å². The van der Waals surface area contributed by atoms with E-state index in [0.717, 1.165) is 11.9 Å². The molecule has 3 nitrogen and oxygen atoms in total. The molecule has 2 amide bonds. The zero-order valence-corrected chi connectivity index (χ0v) is 7.60. The van der Waals surface area contributed by atoms with Gasteiger partial charge in [-0.05, 0) is 23.6 Å². The maximum absolute atomic E-state index is 13.0. The highest BCUT2D eigenvalue weighted by Gasteiger charge is 2.00. The lowest BCUT2D eigenvalue weighted by atomic mass is 10.2. The van der Waals surface area contributed by atoms with Crippen molar-refractivity contribution in [3.8, 4) is 0 Å². The average Bonchev–Trinajstić information content (AvgIpc) is 2.08. The number of rotatable bonds is 3. The fraction of sp³-hybridized carbons (Fsp3) is 0.125. The molecule has 0 aliphatic rings. The maximum atomic E-state index is 13.0. The number of hydrogen-bond acceptors (Lipinski definition) is 2. The van der Waals surface area contributed by atoms with Gasteiger partial charge in [-0.15, -0.1) is 0 Å². The van der Waals surface area contributed by atoms with Crippen LogP contribution in [0.25, 0.3) is 0 Å². The average molecular weight is 200 g/mol. The molecule has 0 bridgehead atoms. The SMILES string of the molecule is NC(=O)NSCc1ccccc1F. The van der Waals surface area contributed by atoms with Gasteiger partial charge in [-0.2, -0.15) is 0 Å². The van der Waals surface area contributed by atoms with Crippen LogP contribution in [0.3, 0.4) is 0 Å². The molecule has 0 spiro atoms. The number of hydrogen-bond donors (Lipinski definition) is 2. The minimum atomic E-state index is -0.624. The van der Waals surface area contributed by atoms with E-state index < -0.39 is 6.03 Å². The number of primary amides is 1. The normalized spacial score (nSPS) is 9.62. The van der Waals surface area contributed by atoms with E-state index in [1.165, 1.54) is 6.07 Å². The molecule has 1 aromatic rings. The zero-order valence-electron chi connectivity index (χ0n) is 6.79. The summed E-state index contributed by atoms with van der Waals surface area (Å²) in [5, 5.41) is 0. The van der Waals surface area contributed by atoms with E-state index >= 15 is 0 Å². The van der Waals surface area contributed by atoms with Crippen LogP contribution in [0.15, 0.2) is 24.3 Å². The van der Waals surface area contributed by atoms with Crippen LogP contribution in [-0.2, 0) is 5.75 Å². The first-order valence-corrected chi connectivity index (χ1v) is 4.59. The number of amides is 2. The molecule has 0 saturated heterocycles. The Morgan fingerprint density at radius 2 is 2.23 bits per heavy atom. The van der Waals surface area contributed by atoms with Crippen molar-refractivity contribution in [2.24, 2.45) is 5.73 Å². The molecule has 0 aliphatic carbocycles. The van der Waals surface area contributed by atoms with Crippen LogP contribution in [0.1, 0.15) is 5.56 Å². The topological polar surface area (TPSA) is 55.1 Å². The molecule has 0 radical (unpaired) electrons. The van der Waals surface area contributed by atoms with Crippen LogP contribution in [0.2, 0.25) is 0 Å². The largest absolute Gasteiger partial charge is 0.351 e. The van der Waals surface area contributed by atoms with Gasteiger partial charge in [-0.25, -0.2) is 9.18 Å².